The highest BCUT2D eigenvalue weighted by Crippen LogP contribution is 2.38. The van der Waals surface area contributed by atoms with Crippen molar-refractivity contribution in [3.05, 3.63) is 93.2 Å². The van der Waals surface area contributed by atoms with Gasteiger partial charge in [0.15, 0.2) is 0 Å². The van der Waals surface area contributed by atoms with Crippen molar-refractivity contribution in [1.82, 2.24) is 9.29 Å². The predicted molar refractivity (Wildman–Crippen MR) is 119 cm³/mol. The molecule has 0 spiro atoms. The first kappa shape index (κ1) is 21.1. The van der Waals surface area contributed by atoms with Crippen LogP contribution in [0.1, 0.15) is 48.2 Å². The zero-order valence-electron chi connectivity index (χ0n) is 17.3. The van der Waals surface area contributed by atoms with E-state index in [0.717, 1.165) is 33.4 Å². The molecule has 160 valence electrons. The number of aliphatic imine (C=N–C) groups is 1. The van der Waals surface area contributed by atoms with Crippen LogP contribution in [0.5, 0.6) is 0 Å². The number of halogens is 1. The fourth-order valence-corrected chi connectivity index (χ4v) is 4.34. The second-order valence-corrected chi connectivity index (χ2v) is 8.44. The first-order chi connectivity index (χ1) is 14.7. The van der Waals surface area contributed by atoms with Gasteiger partial charge in [-0.2, -0.15) is 0 Å². The molecule has 0 bridgehead atoms. The maximum atomic E-state index is 13.5. The first-order valence-electron chi connectivity index (χ1n) is 9.84. The van der Waals surface area contributed by atoms with Gasteiger partial charge < -0.3 is 4.57 Å². The number of hydrogen-bond acceptors (Lipinski definition) is 4. The van der Waals surface area contributed by atoms with Gasteiger partial charge in [-0.1, -0.05) is 12.1 Å². The Hall–Kier alpha value is -3.10. The van der Waals surface area contributed by atoms with Gasteiger partial charge in [-0.05, 0) is 60.9 Å². The Morgan fingerprint density at radius 2 is 1.77 bits per heavy atom. The molecule has 6 nitrogen and oxygen atoms in total. The standard InChI is InChI=1S/C23H22FN3O3S/c1-13(26-31(29)30)16-6-9-18-20(10-16)21-12-27(3)22(28)11-19(21)14(2)25-23(18)15-4-7-17(24)8-5-15/h4-14,31H,1-3H3,(H,26,29,30). The maximum absolute atomic E-state index is 13.5. The number of benzene rings is 2. The highest BCUT2D eigenvalue weighted by atomic mass is 32.2. The molecule has 0 aliphatic carbocycles. The molecular weight excluding hydrogens is 417 g/mol. The summed E-state index contributed by atoms with van der Waals surface area (Å²) < 4.78 is 39.9. The van der Waals surface area contributed by atoms with Gasteiger partial charge in [-0.3, -0.25) is 9.79 Å². The topological polar surface area (TPSA) is 80.5 Å². The van der Waals surface area contributed by atoms with Crippen molar-refractivity contribution in [3.8, 4) is 11.1 Å². The zero-order valence-corrected chi connectivity index (χ0v) is 18.2. The smallest absolute Gasteiger partial charge is 0.250 e. The molecule has 2 unspecified atom stereocenters. The lowest BCUT2D eigenvalue weighted by molar-refractivity contribution is 0.587. The van der Waals surface area contributed by atoms with Crippen LogP contribution in [0.4, 0.5) is 4.39 Å². The van der Waals surface area contributed by atoms with Gasteiger partial charge in [-0.25, -0.2) is 17.5 Å². The van der Waals surface area contributed by atoms with Gasteiger partial charge in [0.1, 0.15) is 5.82 Å². The third kappa shape index (κ3) is 4.08. The van der Waals surface area contributed by atoms with E-state index in [1.807, 2.05) is 25.1 Å². The summed E-state index contributed by atoms with van der Waals surface area (Å²) in [4.78, 5) is 17.2. The van der Waals surface area contributed by atoms with Crippen LogP contribution in [-0.2, 0) is 17.9 Å². The van der Waals surface area contributed by atoms with Crippen molar-refractivity contribution >= 4 is 16.6 Å². The minimum absolute atomic E-state index is 0.137. The summed E-state index contributed by atoms with van der Waals surface area (Å²) in [6.45, 7) is 3.68. The van der Waals surface area contributed by atoms with E-state index in [-0.39, 0.29) is 17.4 Å². The summed E-state index contributed by atoms with van der Waals surface area (Å²) in [7, 11) is -1.06. The van der Waals surface area contributed by atoms with Gasteiger partial charge in [0.05, 0.1) is 11.8 Å². The van der Waals surface area contributed by atoms with E-state index in [1.165, 1.54) is 16.7 Å². The van der Waals surface area contributed by atoms with Crippen molar-refractivity contribution in [1.29, 1.82) is 0 Å². The molecule has 2 atom stereocenters. The van der Waals surface area contributed by atoms with Crippen LogP contribution in [0.25, 0.3) is 11.1 Å². The molecule has 1 N–H and O–H groups in total. The second kappa shape index (κ2) is 8.20. The number of pyridine rings is 1. The molecular formula is C23H22FN3O3S. The van der Waals surface area contributed by atoms with E-state index in [0.29, 0.717) is 5.71 Å². The van der Waals surface area contributed by atoms with Gasteiger partial charge in [0, 0.05) is 42.0 Å². The molecule has 0 saturated heterocycles. The second-order valence-electron chi connectivity index (χ2n) is 7.67. The van der Waals surface area contributed by atoms with E-state index in [1.54, 1.807) is 38.4 Å². The minimum Gasteiger partial charge on any atom is -0.318 e. The monoisotopic (exact) mass is 439 g/mol. The van der Waals surface area contributed by atoms with E-state index in [4.69, 9.17) is 4.99 Å². The van der Waals surface area contributed by atoms with Crippen LogP contribution in [0.3, 0.4) is 0 Å². The predicted octanol–water partition coefficient (Wildman–Crippen LogP) is 3.28. The van der Waals surface area contributed by atoms with Crippen LogP contribution in [0, 0.1) is 5.82 Å². The highest BCUT2D eigenvalue weighted by molar-refractivity contribution is 7.70. The van der Waals surface area contributed by atoms with E-state index >= 15 is 0 Å². The number of fused-ring (bicyclic) bond motifs is 3. The van der Waals surface area contributed by atoms with Gasteiger partial charge in [0.2, 0.25) is 10.9 Å². The highest BCUT2D eigenvalue weighted by Gasteiger charge is 2.24. The third-order valence-electron chi connectivity index (χ3n) is 5.54. The number of aromatic nitrogens is 1. The summed E-state index contributed by atoms with van der Waals surface area (Å²) in [5.74, 6) is -0.334. The molecule has 1 aliphatic rings. The Morgan fingerprint density at radius 1 is 1.06 bits per heavy atom. The summed E-state index contributed by atoms with van der Waals surface area (Å²) >= 11 is 0. The van der Waals surface area contributed by atoms with Gasteiger partial charge in [0.25, 0.3) is 5.56 Å². The average Bonchev–Trinajstić information content (AvgIpc) is 2.83. The summed E-state index contributed by atoms with van der Waals surface area (Å²) in [6.07, 6.45) is 1.78. The Balaban J connectivity index is 1.99. The Kier molecular flexibility index (Phi) is 5.60. The quantitative estimate of drug-likeness (QED) is 0.613. The fourth-order valence-electron chi connectivity index (χ4n) is 3.88. The average molecular weight is 440 g/mol. The molecule has 0 radical (unpaired) electrons. The molecule has 31 heavy (non-hydrogen) atoms. The molecule has 1 aromatic heterocycles. The Bertz CT molecular complexity index is 1320. The molecule has 8 heteroatoms. The summed E-state index contributed by atoms with van der Waals surface area (Å²) in [6, 6.07) is 12.7. The molecule has 4 rings (SSSR count). The molecule has 0 amide bonds. The normalized spacial score (nSPS) is 16.3. The number of nitrogens with zero attached hydrogens (tertiary/aromatic N) is 2. The fraction of sp³-hybridized carbons (Fsp3) is 0.217. The van der Waals surface area contributed by atoms with E-state index in [9.17, 15) is 17.6 Å². The SMILES string of the molecule is CC1N=C(c2ccc(F)cc2)c2ccc(C(C)N[SH](=O)=O)cc2-c2cn(C)c(=O)cc21. The van der Waals surface area contributed by atoms with Crippen molar-refractivity contribution in [2.75, 3.05) is 0 Å². The Morgan fingerprint density at radius 3 is 2.45 bits per heavy atom. The van der Waals surface area contributed by atoms with Crippen molar-refractivity contribution in [2.45, 2.75) is 25.9 Å². The van der Waals surface area contributed by atoms with Crippen LogP contribution >= 0.6 is 0 Å². The minimum atomic E-state index is -2.75. The maximum Gasteiger partial charge on any atom is 0.250 e. The zero-order chi connectivity index (χ0) is 22.3. The number of nitrogens with one attached hydrogen (secondary N) is 1. The molecule has 0 saturated carbocycles. The van der Waals surface area contributed by atoms with Gasteiger partial charge in [-0.15, -0.1) is 0 Å². The van der Waals surface area contributed by atoms with Crippen molar-refractivity contribution in [3.63, 3.8) is 0 Å². The lowest BCUT2D eigenvalue weighted by atomic mass is 9.90. The van der Waals surface area contributed by atoms with Crippen LogP contribution in [0.15, 0.2) is 64.5 Å². The Labute approximate surface area is 181 Å². The molecule has 2 heterocycles. The lowest BCUT2D eigenvalue weighted by Gasteiger charge is -2.17. The van der Waals surface area contributed by atoms with Crippen LogP contribution < -0.4 is 10.3 Å². The van der Waals surface area contributed by atoms with Crippen molar-refractivity contribution < 1.29 is 12.8 Å². The first-order valence-corrected chi connectivity index (χ1v) is 11.0. The largest absolute Gasteiger partial charge is 0.318 e. The summed E-state index contributed by atoms with van der Waals surface area (Å²) in [5, 5.41) is 0. The lowest BCUT2D eigenvalue weighted by Crippen LogP contribution is -2.18. The molecule has 2 aromatic carbocycles. The molecule has 0 fully saturated rings. The summed E-state index contributed by atoms with van der Waals surface area (Å²) in [5.41, 5.74) is 5.41. The van der Waals surface area contributed by atoms with Gasteiger partial charge >= 0.3 is 0 Å². The van der Waals surface area contributed by atoms with Crippen LogP contribution in [0.2, 0.25) is 0 Å². The van der Waals surface area contributed by atoms with Crippen molar-refractivity contribution in [2.24, 2.45) is 12.0 Å². The number of hydrogen-bond donors (Lipinski definition) is 2. The van der Waals surface area contributed by atoms with E-state index in [2.05, 4.69) is 4.72 Å². The van der Waals surface area contributed by atoms with Crippen LogP contribution in [-0.4, -0.2) is 18.7 Å². The van der Waals surface area contributed by atoms with E-state index < -0.39 is 16.9 Å². The molecule has 3 aromatic rings. The number of aryl methyl sites for hydroxylation is 1. The number of thiol groups is 1. The third-order valence-corrected chi connectivity index (χ3v) is 6.14. The molecule has 1 aliphatic heterocycles. The number of rotatable bonds is 4.